The number of hydrogen-bond donors (Lipinski definition) is 1. The zero-order chi connectivity index (χ0) is 20.4. The summed E-state index contributed by atoms with van der Waals surface area (Å²) in [6, 6.07) is 8.25. The van der Waals surface area contributed by atoms with E-state index >= 15 is 0 Å². The Balaban J connectivity index is 1.38. The summed E-state index contributed by atoms with van der Waals surface area (Å²) in [5, 5.41) is 0.803. The van der Waals surface area contributed by atoms with Gasteiger partial charge in [0.15, 0.2) is 11.0 Å². The Hall–Kier alpha value is -2.77. The van der Waals surface area contributed by atoms with Crippen molar-refractivity contribution in [1.29, 1.82) is 0 Å². The molecule has 8 heteroatoms. The van der Waals surface area contributed by atoms with Gasteiger partial charge in [-0.05, 0) is 31.0 Å². The molecule has 1 aliphatic carbocycles. The first-order valence-electron chi connectivity index (χ1n) is 9.29. The van der Waals surface area contributed by atoms with Crippen molar-refractivity contribution >= 4 is 28.5 Å². The molecule has 0 spiro atoms. The fourth-order valence-corrected chi connectivity index (χ4v) is 3.58. The van der Waals surface area contributed by atoms with Crippen LogP contribution in [0.1, 0.15) is 12.8 Å². The zero-order valence-corrected chi connectivity index (χ0v) is 16.5. The Bertz CT molecular complexity index is 1080. The minimum absolute atomic E-state index is 0.0477. The molecule has 0 amide bonds. The molecule has 1 fully saturated rings. The molecule has 3 aromatic rings. The number of carbonyl (C=O) groups is 1. The van der Waals surface area contributed by atoms with Gasteiger partial charge in [0.25, 0.3) is 0 Å². The molecular formula is C21H20ClNO6. The second kappa shape index (κ2) is 8.31. The smallest absolute Gasteiger partial charge is 0.308 e. The lowest BCUT2D eigenvalue weighted by molar-refractivity contribution is -0.155. The topological polar surface area (TPSA) is 90.8 Å². The van der Waals surface area contributed by atoms with Gasteiger partial charge in [0.05, 0.1) is 41.7 Å². The summed E-state index contributed by atoms with van der Waals surface area (Å²) in [6.07, 6.45) is 3.09. The summed E-state index contributed by atoms with van der Waals surface area (Å²) in [7, 11) is 1.39. The van der Waals surface area contributed by atoms with E-state index in [1.54, 1.807) is 30.5 Å². The number of benzene rings is 1. The Kier molecular flexibility index (Phi) is 5.60. The van der Waals surface area contributed by atoms with Gasteiger partial charge in [0, 0.05) is 12.3 Å². The summed E-state index contributed by atoms with van der Waals surface area (Å²) in [6.45, 7) is 0.690. The standard InChI is InChI=1S/C21H20ClNO6/c1-26-21(25)12-9-13(10-12)27-7-8-28-20-15(5-6-23-20)18-11-17(24)14-3-2-4-16(22)19(14)29-18/h2-6,11-13,23H,7-10H2,1H3. The number of aromatic amines is 1. The van der Waals surface area contributed by atoms with Crippen molar-refractivity contribution in [3.05, 3.63) is 51.8 Å². The molecule has 1 N–H and O–H groups in total. The maximum atomic E-state index is 12.4. The van der Waals surface area contributed by atoms with Gasteiger partial charge in [-0.15, -0.1) is 0 Å². The number of methoxy groups -OCH3 is 1. The van der Waals surface area contributed by atoms with E-state index in [0.717, 1.165) is 0 Å². The average Bonchev–Trinajstić information content (AvgIpc) is 3.15. The molecule has 1 aromatic carbocycles. The number of nitrogens with one attached hydrogen (secondary N) is 1. The van der Waals surface area contributed by atoms with E-state index in [2.05, 4.69) is 4.98 Å². The normalized spacial score (nSPS) is 18.4. The minimum atomic E-state index is -0.186. The molecule has 0 unspecified atom stereocenters. The first-order chi connectivity index (χ1) is 14.1. The van der Waals surface area contributed by atoms with Crippen LogP contribution in [0.3, 0.4) is 0 Å². The molecule has 0 atom stereocenters. The summed E-state index contributed by atoms with van der Waals surface area (Å²) in [5.41, 5.74) is 0.792. The van der Waals surface area contributed by atoms with E-state index in [0.29, 0.717) is 59.3 Å². The maximum absolute atomic E-state index is 12.4. The number of carbonyl (C=O) groups excluding carboxylic acids is 1. The summed E-state index contributed by atoms with van der Waals surface area (Å²) < 4.78 is 22.0. The largest absolute Gasteiger partial charge is 0.476 e. The molecular weight excluding hydrogens is 398 g/mol. The van der Waals surface area contributed by atoms with E-state index in [9.17, 15) is 9.59 Å². The van der Waals surface area contributed by atoms with Crippen LogP contribution in [0.25, 0.3) is 22.3 Å². The molecule has 2 aromatic heterocycles. The van der Waals surface area contributed by atoms with E-state index < -0.39 is 0 Å². The molecule has 1 saturated carbocycles. The third-order valence-electron chi connectivity index (χ3n) is 4.99. The van der Waals surface area contributed by atoms with Crippen LogP contribution in [0.5, 0.6) is 5.88 Å². The van der Waals surface area contributed by atoms with E-state index in [1.165, 1.54) is 13.2 Å². The third kappa shape index (κ3) is 4.02. The van der Waals surface area contributed by atoms with Gasteiger partial charge in [-0.25, -0.2) is 0 Å². The van der Waals surface area contributed by atoms with E-state index in [-0.39, 0.29) is 23.4 Å². The van der Waals surface area contributed by atoms with Crippen LogP contribution >= 0.6 is 11.6 Å². The molecule has 1 aliphatic rings. The second-order valence-electron chi connectivity index (χ2n) is 6.84. The van der Waals surface area contributed by atoms with Crippen molar-refractivity contribution in [3.8, 4) is 17.2 Å². The molecule has 29 heavy (non-hydrogen) atoms. The van der Waals surface area contributed by atoms with Crippen LogP contribution < -0.4 is 10.2 Å². The number of aromatic nitrogens is 1. The van der Waals surface area contributed by atoms with Crippen LogP contribution in [0.15, 0.2) is 45.7 Å². The lowest BCUT2D eigenvalue weighted by atomic mass is 9.82. The highest BCUT2D eigenvalue weighted by Crippen LogP contribution is 2.33. The quantitative estimate of drug-likeness (QED) is 0.464. The van der Waals surface area contributed by atoms with Crippen molar-refractivity contribution in [2.24, 2.45) is 5.92 Å². The number of para-hydroxylation sites is 1. The Morgan fingerprint density at radius 3 is 2.90 bits per heavy atom. The molecule has 4 rings (SSSR count). The SMILES string of the molecule is COC(=O)C1CC(OCCOc2[nH]ccc2-c2cc(=O)c3cccc(Cl)c3o2)C1. The highest BCUT2D eigenvalue weighted by molar-refractivity contribution is 6.34. The van der Waals surface area contributed by atoms with Crippen molar-refractivity contribution in [1.82, 2.24) is 4.98 Å². The first kappa shape index (κ1) is 19.5. The summed E-state index contributed by atoms with van der Waals surface area (Å²) in [4.78, 5) is 26.8. The number of H-pyrrole nitrogens is 1. The van der Waals surface area contributed by atoms with E-state index in [1.807, 2.05) is 0 Å². The third-order valence-corrected chi connectivity index (χ3v) is 5.29. The Morgan fingerprint density at radius 2 is 2.10 bits per heavy atom. The number of ether oxygens (including phenoxy) is 3. The fourth-order valence-electron chi connectivity index (χ4n) is 3.36. The second-order valence-corrected chi connectivity index (χ2v) is 7.25. The highest BCUT2D eigenvalue weighted by Gasteiger charge is 2.35. The van der Waals surface area contributed by atoms with Gasteiger partial charge in [0.2, 0.25) is 5.88 Å². The molecule has 2 heterocycles. The van der Waals surface area contributed by atoms with Gasteiger partial charge in [-0.3, -0.25) is 9.59 Å². The van der Waals surface area contributed by atoms with Gasteiger partial charge < -0.3 is 23.6 Å². The lowest BCUT2D eigenvalue weighted by Gasteiger charge is -2.32. The van der Waals surface area contributed by atoms with Gasteiger partial charge >= 0.3 is 5.97 Å². The van der Waals surface area contributed by atoms with Crippen molar-refractivity contribution in [2.45, 2.75) is 18.9 Å². The summed E-state index contributed by atoms with van der Waals surface area (Å²) >= 11 is 6.18. The predicted octanol–water partition coefficient (Wildman–Crippen LogP) is 3.79. The predicted molar refractivity (Wildman–Crippen MR) is 107 cm³/mol. The van der Waals surface area contributed by atoms with Gasteiger partial charge in [-0.2, -0.15) is 0 Å². The van der Waals surface area contributed by atoms with E-state index in [4.69, 9.17) is 30.2 Å². The van der Waals surface area contributed by atoms with Crippen molar-refractivity contribution < 1.29 is 23.4 Å². The van der Waals surface area contributed by atoms with Crippen molar-refractivity contribution in [3.63, 3.8) is 0 Å². The molecule has 0 radical (unpaired) electrons. The zero-order valence-electron chi connectivity index (χ0n) is 15.8. The number of esters is 1. The number of hydrogen-bond acceptors (Lipinski definition) is 6. The number of rotatable bonds is 7. The Labute approximate surface area is 171 Å². The van der Waals surface area contributed by atoms with Crippen LogP contribution in [-0.2, 0) is 14.3 Å². The van der Waals surface area contributed by atoms with Crippen LogP contribution in [0, 0.1) is 5.92 Å². The molecule has 7 nitrogen and oxygen atoms in total. The number of fused-ring (bicyclic) bond motifs is 1. The van der Waals surface area contributed by atoms with Gasteiger partial charge in [0.1, 0.15) is 12.4 Å². The van der Waals surface area contributed by atoms with Crippen LogP contribution in [-0.4, -0.2) is 37.4 Å². The fraction of sp³-hybridized carbons (Fsp3) is 0.333. The van der Waals surface area contributed by atoms with Crippen molar-refractivity contribution in [2.75, 3.05) is 20.3 Å². The monoisotopic (exact) mass is 417 g/mol. The Morgan fingerprint density at radius 1 is 1.28 bits per heavy atom. The first-order valence-corrected chi connectivity index (χ1v) is 9.67. The minimum Gasteiger partial charge on any atom is -0.476 e. The number of halogens is 1. The molecule has 0 saturated heterocycles. The molecule has 152 valence electrons. The molecule has 0 bridgehead atoms. The molecule has 0 aliphatic heterocycles. The summed E-state index contributed by atoms with van der Waals surface area (Å²) in [5.74, 6) is 0.592. The highest BCUT2D eigenvalue weighted by atomic mass is 35.5. The maximum Gasteiger partial charge on any atom is 0.308 e. The lowest BCUT2D eigenvalue weighted by Crippen LogP contribution is -2.37. The average molecular weight is 418 g/mol. The van der Waals surface area contributed by atoms with Crippen LogP contribution in [0.2, 0.25) is 5.02 Å². The van der Waals surface area contributed by atoms with Crippen LogP contribution in [0.4, 0.5) is 0 Å². The van der Waals surface area contributed by atoms with Gasteiger partial charge in [-0.1, -0.05) is 17.7 Å².